The lowest BCUT2D eigenvalue weighted by molar-refractivity contribution is 0.581. The first-order valence-corrected chi connectivity index (χ1v) is 6.89. The molecule has 1 N–H and O–H groups in total. The molecule has 3 nitrogen and oxygen atoms in total. The van der Waals surface area contributed by atoms with Crippen LogP contribution in [-0.2, 0) is 10.0 Å². The molecule has 1 aromatic carbocycles. The standard InChI is InChI=1S/C11H13ClFNO2S/c1-2-3-4-7-14-17(15,16)11-6-5-9(13)8-10(11)12/h2-3,5-6,8,14H,4,7H2,1H3/b3-2+. The second-order valence-corrected chi connectivity index (χ2v) is 5.47. The zero-order valence-corrected chi connectivity index (χ0v) is 10.9. The third kappa shape index (κ3) is 4.11. The van der Waals surface area contributed by atoms with E-state index in [1.165, 1.54) is 0 Å². The second-order valence-electron chi connectivity index (χ2n) is 3.33. The zero-order valence-electron chi connectivity index (χ0n) is 9.28. The van der Waals surface area contributed by atoms with Gasteiger partial charge in [-0.05, 0) is 31.5 Å². The van der Waals surface area contributed by atoms with Crippen LogP contribution in [0.4, 0.5) is 4.39 Å². The van der Waals surface area contributed by atoms with Crippen molar-refractivity contribution < 1.29 is 12.8 Å². The van der Waals surface area contributed by atoms with E-state index < -0.39 is 15.8 Å². The summed E-state index contributed by atoms with van der Waals surface area (Å²) in [6.45, 7) is 2.13. The van der Waals surface area contributed by atoms with Crippen molar-refractivity contribution in [2.24, 2.45) is 0 Å². The average molecular weight is 278 g/mol. The summed E-state index contributed by atoms with van der Waals surface area (Å²) in [5, 5.41) is -0.122. The number of hydrogen-bond acceptors (Lipinski definition) is 2. The summed E-state index contributed by atoms with van der Waals surface area (Å²) in [6.07, 6.45) is 4.27. The predicted octanol–water partition coefficient (Wildman–Crippen LogP) is 2.72. The lowest BCUT2D eigenvalue weighted by atomic mass is 10.3. The Balaban J connectivity index is 2.82. The number of hydrogen-bond donors (Lipinski definition) is 1. The van der Waals surface area contributed by atoms with Crippen LogP contribution in [0, 0.1) is 5.82 Å². The van der Waals surface area contributed by atoms with E-state index in [1.807, 2.05) is 19.1 Å². The van der Waals surface area contributed by atoms with Crippen LogP contribution in [0.3, 0.4) is 0 Å². The highest BCUT2D eigenvalue weighted by Gasteiger charge is 2.17. The maximum atomic E-state index is 12.8. The Morgan fingerprint density at radius 2 is 2.18 bits per heavy atom. The molecule has 0 amide bonds. The summed E-state index contributed by atoms with van der Waals surface area (Å²) in [5.74, 6) is -0.567. The monoisotopic (exact) mass is 277 g/mol. The van der Waals surface area contributed by atoms with Gasteiger partial charge in [0.2, 0.25) is 10.0 Å². The van der Waals surface area contributed by atoms with E-state index in [-0.39, 0.29) is 16.5 Å². The molecule has 0 aromatic heterocycles. The molecule has 0 aliphatic rings. The molecule has 0 fully saturated rings. The van der Waals surface area contributed by atoms with Gasteiger partial charge in [-0.1, -0.05) is 23.8 Å². The van der Waals surface area contributed by atoms with Crippen molar-refractivity contribution in [2.45, 2.75) is 18.2 Å². The second kappa shape index (κ2) is 6.14. The predicted molar refractivity (Wildman–Crippen MR) is 66.0 cm³/mol. The molecule has 94 valence electrons. The summed E-state index contributed by atoms with van der Waals surface area (Å²) in [4.78, 5) is -0.110. The molecule has 0 heterocycles. The fourth-order valence-corrected chi connectivity index (χ4v) is 2.79. The van der Waals surface area contributed by atoms with Gasteiger partial charge < -0.3 is 0 Å². The van der Waals surface area contributed by atoms with Crippen LogP contribution < -0.4 is 4.72 Å². The Hall–Kier alpha value is -0.910. The van der Waals surface area contributed by atoms with E-state index in [4.69, 9.17) is 11.6 Å². The molecular weight excluding hydrogens is 265 g/mol. The summed E-state index contributed by atoms with van der Waals surface area (Å²) < 4.78 is 38.7. The van der Waals surface area contributed by atoms with Crippen LogP contribution in [-0.4, -0.2) is 15.0 Å². The van der Waals surface area contributed by atoms with E-state index in [0.717, 1.165) is 18.2 Å². The van der Waals surface area contributed by atoms with Crippen molar-refractivity contribution in [3.63, 3.8) is 0 Å². The lowest BCUT2D eigenvalue weighted by Crippen LogP contribution is -2.24. The number of halogens is 2. The van der Waals surface area contributed by atoms with Crippen LogP contribution in [0.2, 0.25) is 5.02 Å². The molecule has 0 spiro atoms. The van der Waals surface area contributed by atoms with E-state index in [0.29, 0.717) is 6.42 Å². The van der Waals surface area contributed by atoms with Crippen LogP contribution in [0.1, 0.15) is 13.3 Å². The SMILES string of the molecule is C/C=C/CCNS(=O)(=O)c1ccc(F)cc1Cl. The van der Waals surface area contributed by atoms with E-state index in [1.54, 1.807) is 0 Å². The van der Waals surface area contributed by atoms with Gasteiger partial charge in [0.1, 0.15) is 10.7 Å². The molecular formula is C11H13ClFNO2S. The number of sulfonamides is 1. The molecule has 17 heavy (non-hydrogen) atoms. The first kappa shape index (κ1) is 14.2. The van der Waals surface area contributed by atoms with Gasteiger partial charge in [0.15, 0.2) is 0 Å². The highest BCUT2D eigenvalue weighted by atomic mass is 35.5. The Morgan fingerprint density at radius 1 is 1.47 bits per heavy atom. The van der Waals surface area contributed by atoms with Crippen LogP contribution in [0.25, 0.3) is 0 Å². The van der Waals surface area contributed by atoms with Gasteiger partial charge in [-0.15, -0.1) is 0 Å². The van der Waals surface area contributed by atoms with Crippen LogP contribution >= 0.6 is 11.6 Å². The molecule has 0 saturated carbocycles. The van der Waals surface area contributed by atoms with Crippen molar-refractivity contribution in [2.75, 3.05) is 6.54 Å². The number of rotatable bonds is 5. The van der Waals surface area contributed by atoms with Gasteiger partial charge in [-0.3, -0.25) is 0 Å². The van der Waals surface area contributed by atoms with E-state index >= 15 is 0 Å². The Labute approximate surface area is 105 Å². The van der Waals surface area contributed by atoms with Gasteiger partial charge in [-0.25, -0.2) is 17.5 Å². The molecule has 1 rings (SSSR count). The Bertz CT molecular complexity index is 514. The number of nitrogens with one attached hydrogen (secondary N) is 1. The fourth-order valence-electron chi connectivity index (χ4n) is 1.21. The first-order chi connectivity index (χ1) is 7.97. The molecule has 0 radical (unpaired) electrons. The Kier molecular flexibility index (Phi) is 5.11. The minimum atomic E-state index is -3.67. The molecule has 0 aliphatic carbocycles. The number of allylic oxidation sites excluding steroid dienone is 1. The van der Waals surface area contributed by atoms with Crippen molar-refractivity contribution in [3.05, 3.63) is 41.2 Å². The maximum absolute atomic E-state index is 12.8. The molecule has 0 bridgehead atoms. The molecule has 0 unspecified atom stereocenters. The van der Waals surface area contributed by atoms with Crippen molar-refractivity contribution in [1.82, 2.24) is 4.72 Å². The molecule has 6 heteroatoms. The van der Waals surface area contributed by atoms with Gasteiger partial charge >= 0.3 is 0 Å². The third-order valence-electron chi connectivity index (χ3n) is 2.02. The van der Waals surface area contributed by atoms with E-state index in [9.17, 15) is 12.8 Å². The smallest absolute Gasteiger partial charge is 0.211 e. The molecule has 0 saturated heterocycles. The molecule has 0 aliphatic heterocycles. The minimum Gasteiger partial charge on any atom is -0.211 e. The maximum Gasteiger partial charge on any atom is 0.242 e. The van der Waals surface area contributed by atoms with E-state index in [2.05, 4.69) is 4.72 Å². The lowest BCUT2D eigenvalue weighted by Gasteiger charge is -2.07. The summed E-state index contributed by atoms with van der Waals surface area (Å²) in [5.41, 5.74) is 0. The van der Waals surface area contributed by atoms with Gasteiger partial charge in [0, 0.05) is 6.54 Å². The number of benzene rings is 1. The normalized spacial score (nSPS) is 12.2. The summed E-state index contributed by atoms with van der Waals surface area (Å²) in [7, 11) is -3.67. The topological polar surface area (TPSA) is 46.2 Å². The highest BCUT2D eigenvalue weighted by Crippen LogP contribution is 2.21. The third-order valence-corrected chi connectivity index (χ3v) is 3.97. The van der Waals surface area contributed by atoms with Crippen LogP contribution in [0.5, 0.6) is 0 Å². The van der Waals surface area contributed by atoms with Gasteiger partial charge in [0.05, 0.1) is 5.02 Å². The Morgan fingerprint density at radius 3 is 2.76 bits per heavy atom. The molecule has 1 aromatic rings. The van der Waals surface area contributed by atoms with Crippen molar-refractivity contribution >= 4 is 21.6 Å². The zero-order chi connectivity index (χ0) is 12.9. The fraction of sp³-hybridized carbons (Fsp3) is 0.273. The summed E-state index contributed by atoms with van der Waals surface area (Å²) in [6, 6.07) is 3.18. The van der Waals surface area contributed by atoms with Gasteiger partial charge in [-0.2, -0.15) is 0 Å². The van der Waals surface area contributed by atoms with Crippen molar-refractivity contribution in [1.29, 1.82) is 0 Å². The quantitative estimate of drug-likeness (QED) is 0.664. The van der Waals surface area contributed by atoms with Crippen molar-refractivity contribution in [3.8, 4) is 0 Å². The highest BCUT2D eigenvalue weighted by molar-refractivity contribution is 7.89. The first-order valence-electron chi connectivity index (χ1n) is 5.03. The van der Waals surface area contributed by atoms with Crippen LogP contribution in [0.15, 0.2) is 35.2 Å². The minimum absolute atomic E-state index is 0.110. The average Bonchev–Trinajstić information content (AvgIpc) is 2.24. The van der Waals surface area contributed by atoms with Gasteiger partial charge in [0.25, 0.3) is 0 Å². The largest absolute Gasteiger partial charge is 0.242 e. The molecule has 0 atom stereocenters. The summed E-state index contributed by atoms with van der Waals surface area (Å²) >= 11 is 5.68.